The van der Waals surface area contributed by atoms with Crippen LogP contribution in [0.3, 0.4) is 0 Å². The highest BCUT2D eigenvalue weighted by Crippen LogP contribution is 2.36. The first-order valence-corrected chi connectivity index (χ1v) is 4.39. The SMILES string of the molecule is COc1cc(Cl)c(F)c(C(=O)CN)c1O. The van der Waals surface area contributed by atoms with Crippen LogP contribution in [-0.2, 0) is 0 Å². The third-order valence-corrected chi connectivity index (χ3v) is 2.12. The average molecular weight is 234 g/mol. The molecule has 0 unspecified atom stereocenters. The molecule has 0 aliphatic carbocycles. The van der Waals surface area contributed by atoms with E-state index in [1.807, 2.05) is 0 Å². The van der Waals surface area contributed by atoms with Gasteiger partial charge < -0.3 is 15.6 Å². The number of hydrogen-bond donors (Lipinski definition) is 2. The number of carbonyl (C=O) groups is 1. The summed E-state index contributed by atoms with van der Waals surface area (Å²) in [6, 6.07) is 1.08. The number of nitrogens with two attached hydrogens (primary N) is 1. The van der Waals surface area contributed by atoms with Crippen molar-refractivity contribution >= 4 is 17.4 Å². The third-order valence-electron chi connectivity index (χ3n) is 1.84. The highest BCUT2D eigenvalue weighted by molar-refractivity contribution is 6.31. The zero-order valence-corrected chi connectivity index (χ0v) is 8.64. The van der Waals surface area contributed by atoms with Gasteiger partial charge in [-0.25, -0.2) is 4.39 Å². The van der Waals surface area contributed by atoms with Gasteiger partial charge in [0.25, 0.3) is 0 Å². The predicted octanol–water partition coefficient (Wildman–Crippen LogP) is 1.33. The van der Waals surface area contributed by atoms with Crippen LogP contribution in [0.5, 0.6) is 11.5 Å². The molecule has 0 amide bonds. The van der Waals surface area contributed by atoms with Crippen LogP contribution in [0.15, 0.2) is 6.07 Å². The molecule has 0 saturated heterocycles. The average Bonchev–Trinajstić information content (AvgIpc) is 2.23. The van der Waals surface area contributed by atoms with Crippen LogP contribution in [-0.4, -0.2) is 24.5 Å². The molecule has 15 heavy (non-hydrogen) atoms. The van der Waals surface area contributed by atoms with E-state index in [1.54, 1.807) is 0 Å². The lowest BCUT2D eigenvalue weighted by Gasteiger charge is -2.09. The van der Waals surface area contributed by atoms with E-state index in [4.69, 9.17) is 22.1 Å². The number of methoxy groups -OCH3 is 1. The summed E-state index contributed by atoms with van der Waals surface area (Å²) >= 11 is 5.51. The van der Waals surface area contributed by atoms with E-state index in [0.717, 1.165) is 6.07 Å². The van der Waals surface area contributed by atoms with Gasteiger partial charge in [-0.3, -0.25) is 4.79 Å². The molecule has 0 saturated carbocycles. The summed E-state index contributed by atoms with van der Waals surface area (Å²) < 4.78 is 18.1. The Morgan fingerprint density at radius 2 is 2.33 bits per heavy atom. The molecule has 1 rings (SSSR count). The number of phenols is 1. The number of ether oxygens (including phenoxy) is 1. The maximum absolute atomic E-state index is 13.4. The first-order valence-electron chi connectivity index (χ1n) is 4.01. The normalized spacial score (nSPS) is 10.1. The highest BCUT2D eigenvalue weighted by atomic mass is 35.5. The van der Waals surface area contributed by atoms with E-state index in [1.165, 1.54) is 7.11 Å². The highest BCUT2D eigenvalue weighted by Gasteiger charge is 2.22. The van der Waals surface area contributed by atoms with E-state index in [9.17, 15) is 14.3 Å². The van der Waals surface area contributed by atoms with Gasteiger partial charge in [-0.2, -0.15) is 0 Å². The fraction of sp³-hybridized carbons (Fsp3) is 0.222. The van der Waals surface area contributed by atoms with E-state index >= 15 is 0 Å². The Labute approximate surface area is 90.4 Å². The molecule has 3 N–H and O–H groups in total. The van der Waals surface area contributed by atoms with Gasteiger partial charge in [0.2, 0.25) is 0 Å². The fourth-order valence-corrected chi connectivity index (χ4v) is 1.30. The summed E-state index contributed by atoms with van der Waals surface area (Å²) in [7, 11) is 1.26. The Hall–Kier alpha value is -1.33. The molecule has 82 valence electrons. The zero-order chi connectivity index (χ0) is 11.6. The van der Waals surface area contributed by atoms with Gasteiger partial charge >= 0.3 is 0 Å². The number of benzene rings is 1. The van der Waals surface area contributed by atoms with Crippen LogP contribution < -0.4 is 10.5 Å². The van der Waals surface area contributed by atoms with Crippen molar-refractivity contribution in [1.82, 2.24) is 0 Å². The topological polar surface area (TPSA) is 72.5 Å². The second-order valence-electron chi connectivity index (χ2n) is 2.73. The van der Waals surface area contributed by atoms with E-state index < -0.39 is 29.5 Å². The number of ketones is 1. The molecule has 6 heteroatoms. The molecule has 0 aliphatic heterocycles. The van der Waals surface area contributed by atoms with Crippen molar-refractivity contribution in [3.05, 3.63) is 22.5 Å². The lowest BCUT2D eigenvalue weighted by atomic mass is 10.1. The molecule has 0 aliphatic rings. The molecule has 1 aromatic rings. The maximum atomic E-state index is 13.4. The standard InChI is InChI=1S/C9H9ClFNO3/c1-15-6-2-4(10)8(11)7(9(6)14)5(13)3-12/h2,14H,3,12H2,1H3. The monoisotopic (exact) mass is 233 g/mol. The number of Topliss-reactive ketones (excluding diaryl/α,β-unsaturated/α-hetero) is 1. The molecule has 0 aromatic heterocycles. The predicted molar refractivity (Wildman–Crippen MR) is 53.0 cm³/mol. The zero-order valence-electron chi connectivity index (χ0n) is 7.88. The van der Waals surface area contributed by atoms with Crippen molar-refractivity contribution in [3.63, 3.8) is 0 Å². The smallest absolute Gasteiger partial charge is 0.183 e. The molecule has 0 spiro atoms. The summed E-state index contributed by atoms with van der Waals surface area (Å²) in [4.78, 5) is 11.2. The lowest BCUT2D eigenvalue weighted by Crippen LogP contribution is -2.15. The van der Waals surface area contributed by atoms with Crippen LogP contribution in [0.1, 0.15) is 10.4 Å². The van der Waals surface area contributed by atoms with E-state index in [-0.39, 0.29) is 10.8 Å². The maximum Gasteiger partial charge on any atom is 0.183 e. The Kier molecular flexibility index (Phi) is 3.49. The van der Waals surface area contributed by atoms with Gasteiger partial charge in [0, 0.05) is 6.07 Å². The molecule has 0 radical (unpaired) electrons. The molecular formula is C9H9ClFNO3. The van der Waals surface area contributed by atoms with Gasteiger partial charge in [0.1, 0.15) is 5.56 Å². The Morgan fingerprint density at radius 3 is 2.80 bits per heavy atom. The fourth-order valence-electron chi connectivity index (χ4n) is 1.11. The summed E-state index contributed by atoms with van der Waals surface area (Å²) in [6.07, 6.45) is 0. The van der Waals surface area contributed by atoms with Gasteiger partial charge in [-0.1, -0.05) is 11.6 Å². The lowest BCUT2D eigenvalue weighted by molar-refractivity contribution is 0.0994. The van der Waals surface area contributed by atoms with Gasteiger partial charge in [-0.05, 0) is 0 Å². The van der Waals surface area contributed by atoms with E-state index in [0.29, 0.717) is 0 Å². The molecular weight excluding hydrogens is 225 g/mol. The molecule has 4 nitrogen and oxygen atoms in total. The van der Waals surface area contributed by atoms with Crippen molar-refractivity contribution in [1.29, 1.82) is 0 Å². The summed E-state index contributed by atoms with van der Waals surface area (Å²) in [5.74, 6) is -2.40. The summed E-state index contributed by atoms with van der Waals surface area (Å²) in [5.41, 5.74) is 4.53. The van der Waals surface area contributed by atoms with Crippen LogP contribution >= 0.6 is 11.6 Å². The minimum absolute atomic E-state index is 0.0711. The van der Waals surface area contributed by atoms with Gasteiger partial charge in [-0.15, -0.1) is 0 Å². The van der Waals surface area contributed by atoms with Crippen molar-refractivity contribution in [2.45, 2.75) is 0 Å². The van der Waals surface area contributed by atoms with Crippen LogP contribution in [0.2, 0.25) is 5.02 Å². The number of aromatic hydroxyl groups is 1. The van der Waals surface area contributed by atoms with Gasteiger partial charge in [0.05, 0.1) is 18.7 Å². The number of rotatable bonds is 3. The second kappa shape index (κ2) is 4.46. The number of halogens is 2. The Morgan fingerprint density at radius 1 is 1.73 bits per heavy atom. The first kappa shape index (κ1) is 11.7. The quantitative estimate of drug-likeness (QED) is 0.773. The number of hydrogen-bond acceptors (Lipinski definition) is 4. The Bertz CT molecular complexity index is 409. The summed E-state index contributed by atoms with van der Waals surface area (Å²) in [6.45, 7) is -0.423. The first-order chi connectivity index (χ1) is 7.02. The summed E-state index contributed by atoms with van der Waals surface area (Å²) in [5, 5.41) is 9.19. The van der Waals surface area contributed by atoms with Crippen LogP contribution in [0.4, 0.5) is 4.39 Å². The Balaban J connectivity index is 3.47. The minimum Gasteiger partial charge on any atom is -0.504 e. The van der Waals surface area contributed by atoms with Crippen molar-refractivity contribution in [2.75, 3.05) is 13.7 Å². The van der Waals surface area contributed by atoms with Crippen molar-refractivity contribution in [3.8, 4) is 11.5 Å². The van der Waals surface area contributed by atoms with E-state index in [2.05, 4.69) is 0 Å². The second-order valence-corrected chi connectivity index (χ2v) is 3.13. The molecule has 0 heterocycles. The minimum atomic E-state index is -0.995. The largest absolute Gasteiger partial charge is 0.504 e. The van der Waals surface area contributed by atoms with Crippen molar-refractivity contribution < 1.29 is 19.0 Å². The third kappa shape index (κ3) is 2.03. The van der Waals surface area contributed by atoms with Crippen molar-refractivity contribution in [2.24, 2.45) is 5.73 Å². The van der Waals surface area contributed by atoms with Crippen LogP contribution in [0, 0.1) is 5.82 Å². The molecule has 0 fully saturated rings. The molecule has 0 atom stereocenters. The number of carbonyl (C=O) groups excluding carboxylic acids is 1. The molecule has 0 bridgehead atoms. The van der Waals surface area contributed by atoms with Gasteiger partial charge in [0.15, 0.2) is 23.1 Å². The number of phenolic OH excluding ortho intramolecular Hbond substituents is 1. The van der Waals surface area contributed by atoms with Crippen LogP contribution in [0.25, 0.3) is 0 Å². The molecule has 1 aromatic carbocycles.